The summed E-state index contributed by atoms with van der Waals surface area (Å²) in [5.41, 5.74) is -0.0303. The Labute approximate surface area is 125 Å². The van der Waals surface area contributed by atoms with E-state index in [1.54, 1.807) is 4.90 Å². The third-order valence-electron chi connectivity index (χ3n) is 6.21. The van der Waals surface area contributed by atoms with Gasteiger partial charge in [0.25, 0.3) is 0 Å². The summed E-state index contributed by atoms with van der Waals surface area (Å²) in [7, 11) is 0. The van der Waals surface area contributed by atoms with E-state index in [0.717, 1.165) is 43.4 Å². The quantitative estimate of drug-likeness (QED) is 0.820. The number of aliphatic carboxylic acids is 1. The number of carboxylic acid groups (broad SMARTS) is 1. The Hall–Kier alpha value is -1.26. The zero-order valence-corrected chi connectivity index (χ0v) is 12.4. The van der Waals surface area contributed by atoms with Crippen molar-refractivity contribution in [2.75, 3.05) is 6.54 Å². The second-order valence-corrected chi connectivity index (χ2v) is 7.82. The average molecular weight is 292 g/mol. The first-order valence-corrected chi connectivity index (χ1v) is 8.36. The zero-order chi connectivity index (χ0) is 14.6. The summed E-state index contributed by atoms with van der Waals surface area (Å²) in [4.78, 5) is 25.4. The number of carbonyl (C=O) groups is 2. The van der Waals surface area contributed by atoms with Crippen LogP contribution in [0.2, 0.25) is 0 Å². The number of rotatable bonds is 2. The normalized spacial score (nSPS) is 44.1. The number of carbonyl (C=O) groups excluding carboxylic acids is 1. The highest BCUT2D eigenvalue weighted by molar-refractivity contribution is 5.83. The highest BCUT2D eigenvalue weighted by Crippen LogP contribution is 2.55. The molecule has 2 N–H and O–H groups in total. The molecule has 5 rings (SSSR count). The van der Waals surface area contributed by atoms with Crippen LogP contribution in [0.25, 0.3) is 0 Å². The molecule has 0 radical (unpaired) electrons. The lowest BCUT2D eigenvalue weighted by Crippen LogP contribution is -2.62. The summed E-state index contributed by atoms with van der Waals surface area (Å²) in [5, 5.41) is 12.5. The maximum atomic E-state index is 12.6. The van der Waals surface area contributed by atoms with Crippen molar-refractivity contribution in [2.24, 2.45) is 17.8 Å². The van der Waals surface area contributed by atoms with E-state index in [1.807, 2.05) is 0 Å². The van der Waals surface area contributed by atoms with E-state index in [-0.39, 0.29) is 11.6 Å². The van der Waals surface area contributed by atoms with Crippen molar-refractivity contribution in [1.82, 2.24) is 10.2 Å². The molecule has 0 aromatic carbocycles. The number of likely N-dealkylation sites (tertiary alicyclic amines) is 1. The Kier molecular flexibility index (Phi) is 2.95. The van der Waals surface area contributed by atoms with E-state index in [1.165, 1.54) is 19.3 Å². The van der Waals surface area contributed by atoms with E-state index in [0.29, 0.717) is 13.0 Å². The van der Waals surface area contributed by atoms with Gasteiger partial charge in [0.05, 0.1) is 0 Å². The molecule has 0 unspecified atom stereocenters. The fraction of sp³-hybridized carbons (Fsp3) is 0.875. The summed E-state index contributed by atoms with van der Waals surface area (Å²) >= 11 is 0. The molecule has 5 heteroatoms. The average Bonchev–Trinajstić information content (AvgIpc) is 2.85. The molecule has 1 heterocycles. The van der Waals surface area contributed by atoms with Gasteiger partial charge in [-0.3, -0.25) is 0 Å². The van der Waals surface area contributed by atoms with Crippen LogP contribution in [0.4, 0.5) is 4.79 Å². The van der Waals surface area contributed by atoms with E-state index in [4.69, 9.17) is 0 Å². The molecule has 1 saturated heterocycles. The zero-order valence-electron chi connectivity index (χ0n) is 12.4. The first-order valence-electron chi connectivity index (χ1n) is 8.36. The molecule has 0 aromatic rings. The van der Waals surface area contributed by atoms with Crippen LogP contribution >= 0.6 is 0 Å². The minimum Gasteiger partial charge on any atom is -0.480 e. The molecule has 5 nitrogen and oxygen atoms in total. The van der Waals surface area contributed by atoms with Gasteiger partial charge < -0.3 is 15.3 Å². The molecule has 4 aliphatic carbocycles. The highest BCUT2D eigenvalue weighted by Gasteiger charge is 2.52. The van der Waals surface area contributed by atoms with Crippen molar-refractivity contribution in [3.63, 3.8) is 0 Å². The fourth-order valence-electron chi connectivity index (χ4n) is 5.83. The molecule has 4 bridgehead atoms. The molecular formula is C16H24N2O3. The van der Waals surface area contributed by atoms with Gasteiger partial charge in [0, 0.05) is 12.1 Å². The van der Waals surface area contributed by atoms with Crippen molar-refractivity contribution in [3.05, 3.63) is 0 Å². The Morgan fingerprint density at radius 2 is 1.62 bits per heavy atom. The van der Waals surface area contributed by atoms with Crippen molar-refractivity contribution >= 4 is 12.0 Å². The maximum Gasteiger partial charge on any atom is 0.326 e. The molecule has 5 fully saturated rings. The minimum absolute atomic E-state index is 0.0303. The number of urea groups is 1. The molecule has 1 aliphatic heterocycles. The van der Waals surface area contributed by atoms with Crippen molar-refractivity contribution in [1.29, 1.82) is 0 Å². The van der Waals surface area contributed by atoms with Gasteiger partial charge in [-0.2, -0.15) is 0 Å². The van der Waals surface area contributed by atoms with Crippen molar-refractivity contribution in [3.8, 4) is 0 Å². The maximum absolute atomic E-state index is 12.6. The van der Waals surface area contributed by atoms with Crippen LogP contribution in [0.3, 0.4) is 0 Å². The van der Waals surface area contributed by atoms with Crippen LogP contribution in [0.5, 0.6) is 0 Å². The topological polar surface area (TPSA) is 69.6 Å². The van der Waals surface area contributed by atoms with Crippen LogP contribution in [0, 0.1) is 17.8 Å². The van der Waals surface area contributed by atoms with Gasteiger partial charge in [-0.05, 0) is 69.1 Å². The van der Waals surface area contributed by atoms with E-state index < -0.39 is 12.0 Å². The lowest BCUT2D eigenvalue weighted by atomic mass is 9.53. The smallest absolute Gasteiger partial charge is 0.326 e. The summed E-state index contributed by atoms with van der Waals surface area (Å²) in [6.07, 6.45) is 8.74. The highest BCUT2D eigenvalue weighted by atomic mass is 16.4. The Bertz CT molecular complexity index is 441. The van der Waals surface area contributed by atoms with Gasteiger partial charge in [-0.25, -0.2) is 9.59 Å². The molecule has 0 spiro atoms. The number of nitrogens with zero attached hydrogens (tertiary/aromatic N) is 1. The van der Waals surface area contributed by atoms with Crippen molar-refractivity contribution < 1.29 is 14.7 Å². The second-order valence-electron chi connectivity index (χ2n) is 7.82. The largest absolute Gasteiger partial charge is 0.480 e. The van der Waals surface area contributed by atoms with Gasteiger partial charge in [0.15, 0.2) is 0 Å². The molecule has 4 saturated carbocycles. The van der Waals surface area contributed by atoms with Crippen LogP contribution in [0.15, 0.2) is 0 Å². The number of nitrogens with one attached hydrogen (secondary N) is 1. The molecule has 1 atom stereocenters. The lowest BCUT2D eigenvalue weighted by molar-refractivity contribution is -0.141. The van der Waals surface area contributed by atoms with Crippen molar-refractivity contribution in [2.45, 2.75) is 62.9 Å². The summed E-state index contributed by atoms with van der Waals surface area (Å²) in [6, 6.07) is -0.763. The molecule has 0 aromatic heterocycles. The van der Waals surface area contributed by atoms with E-state index >= 15 is 0 Å². The summed E-state index contributed by atoms with van der Waals surface area (Å²) < 4.78 is 0. The van der Waals surface area contributed by atoms with Crippen LogP contribution < -0.4 is 5.32 Å². The van der Waals surface area contributed by atoms with Crippen LogP contribution in [0.1, 0.15) is 51.4 Å². The van der Waals surface area contributed by atoms with Gasteiger partial charge in [0.1, 0.15) is 6.04 Å². The number of amides is 2. The van der Waals surface area contributed by atoms with Gasteiger partial charge >= 0.3 is 12.0 Å². The van der Waals surface area contributed by atoms with Crippen LogP contribution in [-0.2, 0) is 4.79 Å². The number of hydrogen-bond acceptors (Lipinski definition) is 2. The SMILES string of the molecule is O=C(O)[C@H]1CCCN1C(=O)NC12CC3CC(CC(C3)C1)C2. The monoisotopic (exact) mass is 292 g/mol. The summed E-state index contributed by atoms with van der Waals surface area (Å²) in [6.45, 7) is 0.579. The third kappa shape index (κ3) is 2.21. The minimum atomic E-state index is -0.867. The predicted molar refractivity (Wildman–Crippen MR) is 76.8 cm³/mol. The lowest BCUT2D eigenvalue weighted by Gasteiger charge is -2.57. The predicted octanol–water partition coefficient (Wildman–Crippen LogP) is 2.21. The first kappa shape index (κ1) is 13.4. The third-order valence-corrected chi connectivity index (χ3v) is 6.21. The van der Waals surface area contributed by atoms with Gasteiger partial charge in [-0.15, -0.1) is 0 Å². The molecular weight excluding hydrogens is 268 g/mol. The van der Waals surface area contributed by atoms with E-state index in [9.17, 15) is 14.7 Å². The second kappa shape index (κ2) is 4.62. The molecule has 116 valence electrons. The number of hydrogen-bond donors (Lipinski definition) is 2. The standard InChI is InChI=1S/C16H24N2O3/c19-14(20)13-2-1-3-18(13)15(21)17-16-7-10-4-11(8-16)6-12(5-10)9-16/h10-13H,1-9H2,(H,17,21)(H,19,20)/t10?,11?,12?,13-,16?/m1/s1. The number of carboxylic acids is 1. The molecule has 21 heavy (non-hydrogen) atoms. The van der Waals surface area contributed by atoms with Crippen LogP contribution in [-0.4, -0.2) is 40.1 Å². The Balaban J connectivity index is 1.48. The van der Waals surface area contributed by atoms with Gasteiger partial charge in [-0.1, -0.05) is 0 Å². The molecule has 5 aliphatic rings. The fourth-order valence-corrected chi connectivity index (χ4v) is 5.83. The summed E-state index contributed by atoms with van der Waals surface area (Å²) in [5.74, 6) is 1.48. The Morgan fingerprint density at radius 3 is 2.14 bits per heavy atom. The molecule has 2 amide bonds. The van der Waals surface area contributed by atoms with Gasteiger partial charge in [0.2, 0.25) is 0 Å². The van der Waals surface area contributed by atoms with E-state index in [2.05, 4.69) is 5.32 Å². The first-order chi connectivity index (χ1) is 10.0. The Morgan fingerprint density at radius 1 is 1.05 bits per heavy atom.